The minimum atomic E-state index is -0.486. The van der Waals surface area contributed by atoms with Crippen molar-refractivity contribution in [3.05, 3.63) is 60.2 Å². The molecule has 1 amide bonds. The quantitative estimate of drug-likeness (QED) is 0.788. The molecule has 31 heavy (non-hydrogen) atoms. The third-order valence-corrected chi connectivity index (χ3v) is 4.48. The molecule has 4 rings (SSSR count). The molecule has 2 fully saturated rings. The van der Waals surface area contributed by atoms with Gasteiger partial charge in [-0.15, -0.1) is 0 Å². The number of carbonyl (C=O) groups is 1. The zero-order chi connectivity index (χ0) is 22.4. The summed E-state index contributed by atoms with van der Waals surface area (Å²) >= 11 is 0. The number of rotatable bonds is 4. The van der Waals surface area contributed by atoms with Crippen molar-refractivity contribution in [1.82, 2.24) is 10.2 Å². The molecule has 0 bridgehead atoms. The third-order valence-electron chi connectivity index (χ3n) is 4.48. The lowest BCUT2D eigenvalue weighted by Crippen LogP contribution is -2.57. The fourth-order valence-corrected chi connectivity index (χ4v) is 2.74. The Labute approximate surface area is 181 Å². The minimum Gasteiger partial charge on any atom is -0.488 e. The zero-order valence-electron chi connectivity index (χ0n) is 17.9. The van der Waals surface area contributed by atoms with E-state index in [1.165, 1.54) is 24.3 Å². The molecule has 2 aliphatic heterocycles. The molecule has 2 aliphatic rings. The molecule has 2 aromatic carbocycles. The highest BCUT2D eigenvalue weighted by atomic mass is 19.1. The lowest BCUT2D eigenvalue weighted by Gasteiger charge is -2.39. The molecule has 0 spiro atoms. The van der Waals surface area contributed by atoms with Crippen molar-refractivity contribution < 1.29 is 27.8 Å². The number of benzene rings is 2. The number of hydrogen-bond acceptors (Lipinski definition) is 5. The van der Waals surface area contributed by atoms with Gasteiger partial charge in [-0.25, -0.2) is 13.6 Å². The topological polar surface area (TPSA) is 60.0 Å². The summed E-state index contributed by atoms with van der Waals surface area (Å²) in [4.78, 5) is 13.3. The Bertz CT molecular complexity index is 843. The maximum atomic E-state index is 12.7. The second-order valence-electron chi connectivity index (χ2n) is 8.43. The predicted molar refractivity (Wildman–Crippen MR) is 112 cm³/mol. The van der Waals surface area contributed by atoms with Gasteiger partial charge in [-0.2, -0.15) is 0 Å². The molecular weight excluding hydrogens is 406 g/mol. The molecule has 0 atom stereocenters. The highest BCUT2D eigenvalue weighted by molar-refractivity contribution is 5.69. The highest BCUT2D eigenvalue weighted by Crippen LogP contribution is 2.20. The van der Waals surface area contributed by atoms with E-state index in [2.05, 4.69) is 5.32 Å². The SMILES string of the molecule is CC(C)(C)OC(=O)N1CC(Oc2ccc(F)cc2)C1.Fc1ccc(OC2CNC2)cc1. The summed E-state index contributed by atoms with van der Waals surface area (Å²) in [6, 6.07) is 11.9. The van der Waals surface area contributed by atoms with Gasteiger partial charge in [0.05, 0.1) is 13.1 Å². The van der Waals surface area contributed by atoms with Gasteiger partial charge in [-0.1, -0.05) is 0 Å². The van der Waals surface area contributed by atoms with Gasteiger partial charge in [-0.3, -0.25) is 0 Å². The van der Waals surface area contributed by atoms with Crippen molar-refractivity contribution in [2.24, 2.45) is 0 Å². The first-order valence-electron chi connectivity index (χ1n) is 10.2. The molecular formula is C23H28F2N2O4. The molecule has 0 aromatic heterocycles. The summed E-state index contributed by atoms with van der Waals surface area (Å²) in [5.74, 6) is 0.823. The number of nitrogens with zero attached hydrogens (tertiary/aromatic N) is 1. The molecule has 2 heterocycles. The molecule has 168 valence electrons. The van der Waals surface area contributed by atoms with Crippen LogP contribution in [0.5, 0.6) is 11.5 Å². The van der Waals surface area contributed by atoms with Gasteiger partial charge in [0.1, 0.15) is 40.9 Å². The fourth-order valence-electron chi connectivity index (χ4n) is 2.74. The summed E-state index contributed by atoms with van der Waals surface area (Å²) < 4.78 is 41.5. The Balaban J connectivity index is 0.000000194. The molecule has 1 N–H and O–H groups in total. The molecule has 0 aliphatic carbocycles. The molecule has 0 unspecified atom stereocenters. The number of hydrogen-bond donors (Lipinski definition) is 1. The molecule has 6 nitrogen and oxygen atoms in total. The number of likely N-dealkylation sites (tertiary alicyclic amines) is 1. The maximum Gasteiger partial charge on any atom is 0.410 e. The van der Waals surface area contributed by atoms with Crippen LogP contribution in [0.4, 0.5) is 13.6 Å². The summed E-state index contributed by atoms with van der Waals surface area (Å²) in [7, 11) is 0. The monoisotopic (exact) mass is 434 g/mol. The van der Waals surface area contributed by atoms with Crippen molar-refractivity contribution in [2.75, 3.05) is 26.2 Å². The van der Waals surface area contributed by atoms with Gasteiger partial charge in [-0.05, 0) is 69.3 Å². The summed E-state index contributed by atoms with van der Waals surface area (Å²) in [5, 5.41) is 3.09. The Morgan fingerprint density at radius 2 is 1.32 bits per heavy atom. The van der Waals surface area contributed by atoms with Gasteiger partial charge in [0.2, 0.25) is 0 Å². The third kappa shape index (κ3) is 7.40. The van der Waals surface area contributed by atoms with E-state index in [9.17, 15) is 13.6 Å². The van der Waals surface area contributed by atoms with Gasteiger partial charge in [0.15, 0.2) is 0 Å². The summed E-state index contributed by atoms with van der Waals surface area (Å²) in [6.07, 6.45) is -0.125. The van der Waals surface area contributed by atoms with E-state index in [1.54, 1.807) is 29.2 Å². The van der Waals surface area contributed by atoms with E-state index in [1.807, 2.05) is 20.8 Å². The van der Waals surface area contributed by atoms with E-state index in [0.717, 1.165) is 18.8 Å². The highest BCUT2D eigenvalue weighted by Gasteiger charge is 2.35. The van der Waals surface area contributed by atoms with Gasteiger partial charge in [0.25, 0.3) is 0 Å². The first kappa shape index (κ1) is 22.8. The standard InChI is InChI=1S/C14H18FNO3.C9H10FNO/c1-14(2,3)19-13(17)16-8-12(9-16)18-11-6-4-10(15)5-7-11;10-7-1-3-8(4-2-7)12-9-5-11-6-9/h4-7,12H,8-9H2,1-3H3;1-4,9,11H,5-6H2. The van der Waals surface area contributed by atoms with Crippen molar-refractivity contribution >= 4 is 6.09 Å². The van der Waals surface area contributed by atoms with Crippen LogP contribution in [0.25, 0.3) is 0 Å². The molecule has 0 radical (unpaired) electrons. The van der Waals surface area contributed by atoms with E-state index in [0.29, 0.717) is 18.8 Å². The number of amides is 1. The van der Waals surface area contributed by atoms with Gasteiger partial charge >= 0.3 is 6.09 Å². The van der Waals surface area contributed by atoms with Crippen LogP contribution in [0.2, 0.25) is 0 Å². The Kier molecular flexibility index (Phi) is 7.33. The van der Waals surface area contributed by atoms with Crippen molar-refractivity contribution in [1.29, 1.82) is 0 Å². The normalized spacial score (nSPS) is 16.4. The Hall–Kier alpha value is -2.87. The van der Waals surface area contributed by atoms with Crippen LogP contribution >= 0.6 is 0 Å². The number of halogens is 2. The second kappa shape index (κ2) is 9.96. The predicted octanol–water partition coefficient (Wildman–Crippen LogP) is 4.00. The maximum absolute atomic E-state index is 12.7. The summed E-state index contributed by atoms with van der Waals surface area (Å²) in [5.41, 5.74) is -0.486. The van der Waals surface area contributed by atoms with Crippen molar-refractivity contribution in [3.63, 3.8) is 0 Å². The van der Waals surface area contributed by atoms with Crippen molar-refractivity contribution in [2.45, 2.75) is 38.6 Å². The van der Waals surface area contributed by atoms with E-state index < -0.39 is 5.60 Å². The summed E-state index contributed by atoms with van der Waals surface area (Å²) in [6.45, 7) is 8.25. The fraction of sp³-hybridized carbons (Fsp3) is 0.435. The van der Waals surface area contributed by atoms with E-state index >= 15 is 0 Å². The van der Waals surface area contributed by atoms with Gasteiger partial charge in [0, 0.05) is 13.1 Å². The average molecular weight is 434 g/mol. The number of nitrogens with one attached hydrogen (secondary N) is 1. The van der Waals surface area contributed by atoms with Crippen LogP contribution < -0.4 is 14.8 Å². The Morgan fingerprint density at radius 3 is 1.71 bits per heavy atom. The number of carbonyl (C=O) groups excluding carboxylic acids is 1. The first-order valence-corrected chi connectivity index (χ1v) is 10.2. The smallest absolute Gasteiger partial charge is 0.410 e. The van der Waals surface area contributed by atoms with Crippen LogP contribution in [0, 0.1) is 11.6 Å². The van der Waals surface area contributed by atoms with Crippen LogP contribution in [-0.4, -0.2) is 55.0 Å². The first-order chi connectivity index (χ1) is 14.7. The largest absolute Gasteiger partial charge is 0.488 e. The molecule has 2 aromatic rings. The van der Waals surface area contributed by atoms with Crippen LogP contribution in [0.1, 0.15) is 20.8 Å². The van der Waals surface area contributed by atoms with Crippen LogP contribution in [0.3, 0.4) is 0 Å². The molecule has 8 heteroatoms. The lowest BCUT2D eigenvalue weighted by atomic mass is 10.1. The van der Waals surface area contributed by atoms with Crippen molar-refractivity contribution in [3.8, 4) is 11.5 Å². The van der Waals surface area contributed by atoms with Crippen LogP contribution in [-0.2, 0) is 4.74 Å². The lowest BCUT2D eigenvalue weighted by molar-refractivity contribution is -0.0221. The van der Waals surface area contributed by atoms with E-state index in [4.69, 9.17) is 14.2 Å². The zero-order valence-corrected chi connectivity index (χ0v) is 17.9. The Morgan fingerprint density at radius 1 is 0.871 bits per heavy atom. The molecule has 0 saturated carbocycles. The van der Waals surface area contributed by atoms with Crippen LogP contribution in [0.15, 0.2) is 48.5 Å². The second-order valence-corrected chi connectivity index (χ2v) is 8.43. The average Bonchev–Trinajstić information content (AvgIpc) is 2.63. The molecule has 2 saturated heterocycles. The van der Waals surface area contributed by atoms with Gasteiger partial charge < -0.3 is 24.4 Å². The van der Waals surface area contributed by atoms with E-state index in [-0.39, 0.29) is 29.9 Å². The number of ether oxygens (including phenoxy) is 3. The minimum absolute atomic E-state index is 0.0574.